The average molecular weight is 260 g/mol. The quantitative estimate of drug-likeness (QED) is 0.840. The number of nitrogens with one attached hydrogen (secondary N) is 1. The van der Waals surface area contributed by atoms with E-state index in [0.29, 0.717) is 5.69 Å². The van der Waals surface area contributed by atoms with E-state index in [-0.39, 0.29) is 5.15 Å². The molecule has 17 heavy (non-hydrogen) atoms. The molecule has 0 aliphatic heterocycles. The highest BCUT2D eigenvalue weighted by molar-refractivity contribution is 6.29. The van der Waals surface area contributed by atoms with Crippen molar-refractivity contribution in [2.45, 2.75) is 0 Å². The SMILES string of the molecule is O=C(Nc1ccc(Cl)nc1)c1nc(F)c(F)o1. The molecule has 0 spiro atoms. The zero-order chi connectivity index (χ0) is 12.4. The molecule has 2 rings (SSSR count). The predicted octanol–water partition coefficient (Wildman–Crippen LogP) is 2.25. The minimum absolute atomic E-state index is 0.246. The van der Waals surface area contributed by atoms with Crippen LogP contribution in [0.4, 0.5) is 14.5 Å². The van der Waals surface area contributed by atoms with Crippen LogP contribution in [0.3, 0.4) is 0 Å². The van der Waals surface area contributed by atoms with Gasteiger partial charge in [-0.2, -0.15) is 13.8 Å². The molecule has 0 aliphatic rings. The number of anilines is 1. The Morgan fingerprint density at radius 3 is 2.71 bits per heavy atom. The van der Waals surface area contributed by atoms with E-state index in [1.807, 2.05) is 0 Å². The van der Waals surface area contributed by atoms with Crippen molar-refractivity contribution in [1.82, 2.24) is 9.97 Å². The number of halogens is 3. The first kappa shape index (κ1) is 11.5. The number of carbonyl (C=O) groups excluding carboxylic acids is 1. The highest BCUT2D eigenvalue weighted by atomic mass is 35.5. The van der Waals surface area contributed by atoms with Gasteiger partial charge in [-0.3, -0.25) is 4.79 Å². The molecule has 0 atom stereocenters. The highest BCUT2D eigenvalue weighted by Gasteiger charge is 2.18. The third-order valence-electron chi connectivity index (χ3n) is 1.73. The van der Waals surface area contributed by atoms with Crippen molar-refractivity contribution in [3.8, 4) is 0 Å². The topological polar surface area (TPSA) is 68.0 Å². The summed E-state index contributed by atoms with van der Waals surface area (Å²) in [6.45, 7) is 0. The maximum absolute atomic E-state index is 12.5. The second-order valence-electron chi connectivity index (χ2n) is 2.91. The van der Waals surface area contributed by atoms with E-state index in [2.05, 4.69) is 19.7 Å². The van der Waals surface area contributed by atoms with Crippen LogP contribution in [0.25, 0.3) is 0 Å². The average Bonchev–Trinajstić information content (AvgIpc) is 2.63. The lowest BCUT2D eigenvalue weighted by Crippen LogP contribution is -2.12. The second-order valence-corrected chi connectivity index (χ2v) is 3.29. The second kappa shape index (κ2) is 4.46. The summed E-state index contributed by atoms with van der Waals surface area (Å²) in [7, 11) is 0. The first-order chi connectivity index (χ1) is 8.06. The summed E-state index contributed by atoms with van der Waals surface area (Å²) >= 11 is 5.54. The summed E-state index contributed by atoms with van der Waals surface area (Å²) in [5, 5.41) is 2.52. The number of carbonyl (C=O) groups is 1. The molecule has 2 aromatic heterocycles. The van der Waals surface area contributed by atoms with Gasteiger partial charge in [-0.25, -0.2) is 4.98 Å². The van der Waals surface area contributed by atoms with Crippen LogP contribution in [-0.2, 0) is 0 Å². The van der Waals surface area contributed by atoms with Gasteiger partial charge in [0.25, 0.3) is 11.8 Å². The van der Waals surface area contributed by atoms with Crippen LogP contribution in [0.15, 0.2) is 22.7 Å². The Bertz CT molecular complexity index is 536. The van der Waals surface area contributed by atoms with Crippen LogP contribution >= 0.6 is 11.6 Å². The number of hydrogen-bond acceptors (Lipinski definition) is 4. The van der Waals surface area contributed by atoms with Crippen molar-refractivity contribution in [2.24, 2.45) is 0 Å². The highest BCUT2D eigenvalue weighted by Crippen LogP contribution is 2.12. The molecule has 0 unspecified atom stereocenters. The molecular formula is C9H4ClF2N3O2. The summed E-state index contributed by atoms with van der Waals surface area (Å²) in [6.07, 6.45) is 1.27. The summed E-state index contributed by atoms with van der Waals surface area (Å²) < 4.78 is 29.1. The Balaban J connectivity index is 2.14. The molecule has 5 nitrogen and oxygen atoms in total. The molecule has 0 bridgehead atoms. The molecule has 1 N–H and O–H groups in total. The zero-order valence-corrected chi connectivity index (χ0v) is 8.83. The third-order valence-corrected chi connectivity index (χ3v) is 1.95. The number of pyridine rings is 1. The van der Waals surface area contributed by atoms with Gasteiger partial charge < -0.3 is 9.73 Å². The first-order valence-corrected chi connectivity index (χ1v) is 4.69. The summed E-state index contributed by atoms with van der Waals surface area (Å²) in [5.41, 5.74) is 0.290. The molecular weight excluding hydrogens is 256 g/mol. The van der Waals surface area contributed by atoms with E-state index in [1.165, 1.54) is 18.3 Å². The first-order valence-electron chi connectivity index (χ1n) is 4.31. The number of rotatable bonds is 2. The van der Waals surface area contributed by atoms with Crippen molar-refractivity contribution in [1.29, 1.82) is 0 Å². The van der Waals surface area contributed by atoms with Gasteiger partial charge >= 0.3 is 11.9 Å². The smallest absolute Gasteiger partial charge is 0.336 e. The molecule has 0 aliphatic carbocycles. The molecule has 0 fully saturated rings. The van der Waals surface area contributed by atoms with Crippen LogP contribution < -0.4 is 5.32 Å². The van der Waals surface area contributed by atoms with E-state index in [0.717, 1.165) is 0 Å². The van der Waals surface area contributed by atoms with Crippen molar-refractivity contribution in [3.05, 3.63) is 41.3 Å². The Morgan fingerprint density at radius 1 is 1.41 bits per heavy atom. The summed E-state index contributed by atoms with van der Waals surface area (Å²) in [6, 6.07) is 1.36. The van der Waals surface area contributed by atoms with Crippen LogP contribution in [0.1, 0.15) is 10.7 Å². The molecule has 2 aromatic rings. The lowest BCUT2D eigenvalue weighted by atomic mass is 10.4. The van der Waals surface area contributed by atoms with Crippen molar-refractivity contribution >= 4 is 23.2 Å². The Kier molecular flexibility index (Phi) is 3.01. The predicted molar refractivity (Wildman–Crippen MR) is 53.6 cm³/mol. The van der Waals surface area contributed by atoms with E-state index in [9.17, 15) is 13.6 Å². The number of aromatic nitrogens is 2. The maximum Gasteiger partial charge on any atom is 0.336 e. The zero-order valence-electron chi connectivity index (χ0n) is 8.08. The largest absolute Gasteiger partial charge is 0.404 e. The molecule has 1 amide bonds. The van der Waals surface area contributed by atoms with E-state index < -0.39 is 23.8 Å². The fraction of sp³-hybridized carbons (Fsp3) is 0. The van der Waals surface area contributed by atoms with Gasteiger partial charge in [-0.05, 0) is 12.1 Å². The summed E-state index contributed by atoms with van der Waals surface area (Å²) in [5.74, 6) is -3.07. The van der Waals surface area contributed by atoms with Gasteiger partial charge in [0.05, 0.1) is 11.9 Å². The van der Waals surface area contributed by atoms with Gasteiger partial charge in [0, 0.05) is 0 Å². The van der Waals surface area contributed by atoms with Gasteiger partial charge in [0.15, 0.2) is 0 Å². The van der Waals surface area contributed by atoms with Crippen molar-refractivity contribution < 1.29 is 18.0 Å². The standard InChI is InChI=1S/C9H4ClF2N3O2/c10-5-2-1-4(3-13-5)14-8(16)9-15-6(11)7(12)17-9/h1-3H,(H,14,16). The van der Waals surface area contributed by atoms with Crippen LogP contribution in [0, 0.1) is 12.0 Å². The molecule has 0 aromatic carbocycles. The van der Waals surface area contributed by atoms with Crippen LogP contribution in [0.5, 0.6) is 0 Å². The fourth-order valence-corrected chi connectivity index (χ4v) is 1.13. The number of nitrogens with zero attached hydrogens (tertiary/aromatic N) is 2. The monoisotopic (exact) mass is 259 g/mol. The minimum atomic E-state index is -1.54. The number of oxazole rings is 1. The molecule has 0 saturated heterocycles. The number of amides is 1. The fourth-order valence-electron chi connectivity index (χ4n) is 1.01. The van der Waals surface area contributed by atoms with Gasteiger partial charge in [0.1, 0.15) is 5.15 Å². The molecule has 8 heteroatoms. The van der Waals surface area contributed by atoms with Gasteiger partial charge in [-0.15, -0.1) is 0 Å². The molecule has 0 radical (unpaired) electrons. The number of hydrogen-bond donors (Lipinski definition) is 1. The Hall–Kier alpha value is -2.02. The Morgan fingerprint density at radius 2 is 2.18 bits per heavy atom. The lowest BCUT2D eigenvalue weighted by molar-refractivity contribution is 0.0982. The van der Waals surface area contributed by atoms with Gasteiger partial charge in [0.2, 0.25) is 0 Å². The van der Waals surface area contributed by atoms with E-state index in [4.69, 9.17) is 11.6 Å². The summed E-state index contributed by atoms with van der Waals surface area (Å²) in [4.78, 5) is 18.1. The third kappa shape index (κ3) is 2.56. The normalized spacial score (nSPS) is 10.3. The van der Waals surface area contributed by atoms with Crippen LogP contribution in [-0.4, -0.2) is 15.9 Å². The van der Waals surface area contributed by atoms with Crippen molar-refractivity contribution in [2.75, 3.05) is 5.32 Å². The van der Waals surface area contributed by atoms with Crippen LogP contribution in [0.2, 0.25) is 5.15 Å². The molecule has 88 valence electrons. The minimum Gasteiger partial charge on any atom is -0.404 e. The van der Waals surface area contributed by atoms with E-state index in [1.54, 1.807) is 0 Å². The Labute approximate surface area is 98.4 Å². The molecule has 2 heterocycles. The lowest BCUT2D eigenvalue weighted by Gasteiger charge is -2.00. The molecule has 0 saturated carbocycles. The maximum atomic E-state index is 12.5. The van der Waals surface area contributed by atoms with E-state index >= 15 is 0 Å². The van der Waals surface area contributed by atoms with Gasteiger partial charge in [-0.1, -0.05) is 11.6 Å². The van der Waals surface area contributed by atoms with Crippen molar-refractivity contribution in [3.63, 3.8) is 0 Å².